The van der Waals surface area contributed by atoms with E-state index in [1.807, 2.05) is 0 Å². The number of hydrogen-bond donors (Lipinski definition) is 1. The summed E-state index contributed by atoms with van der Waals surface area (Å²) in [4.78, 5) is 33.7. The van der Waals surface area contributed by atoms with Crippen LogP contribution in [0.5, 0.6) is 5.75 Å². The molecule has 1 aromatic carbocycles. The van der Waals surface area contributed by atoms with Gasteiger partial charge in [-0.05, 0) is 43.4 Å². The minimum Gasteiger partial charge on any atom is -0.493 e. The largest absolute Gasteiger partial charge is 0.493 e. The summed E-state index contributed by atoms with van der Waals surface area (Å²) in [6.45, 7) is 1.89. The van der Waals surface area contributed by atoms with Crippen molar-refractivity contribution in [3.63, 3.8) is 0 Å². The second-order valence-corrected chi connectivity index (χ2v) is 8.03. The second-order valence-electron chi connectivity index (χ2n) is 6.62. The number of hydroxylamine groups is 2. The third-order valence-corrected chi connectivity index (χ3v) is 5.61. The summed E-state index contributed by atoms with van der Waals surface area (Å²) < 4.78 is 5.74. The average molecular weight is 424 g/mol. The van der Waals surface area contributed by atoms with Crippen molar-refractivity contribution in [1.29, 1.82) is 0 Å². The highest BCUT2D eigenvalue weighted by atomic mass is 35.5. The Hall–Kier alpha value is -2.16. The molecule has 1 aromatic heterocycles. The van der Waals surface area contributed by atoms with Crippen molar-refractivity contribution < 1.29 is 19.2 Å². The van der Waals surface area contributed by atoms with Gasteiger partial charge in [0.05, 0.1) is 24.1 Å². The zero-order chi connectivity index (χ0) is 19.9. The molecule has 0 aliphatic carbocycles. The molecule has 2 aromatic rings. The molecule has 1 aliphatic rings. The van der Waals surface area contributed by atoms with E-state index in [-0.39, 0.29) is 18.0 Å². The Balaban J connectivity index is 1.38. The molecule has 0 atom stereocenters. The molecule has 1 saturated heterocycles. The minimum absolute atomic E-state index is 0.252. The number of nitrogens with zero attached hydrogens (tertiary/aromatic N) is 2. The van der Waals surface area contributed by atoms with Crippen molar-refractivity contribution in [2.45, 2.75) is 25.7 Å². The zero-order valence-electron chi connectivity index (χ0n) is 15.3. The molecule has 1 amide bonds. The molecule has 0 spiro atoms. The molecular weight excluding hydrogens is 402 g/mol. The Labute approximate surface area is 172 Å². The molecule has 0 saturated carbocycles. The number of primary amides is 1. The van der Waals surface area contributed by atoms with Crippen molar-refractivity contribution in [3.8, 4) is 5.75 Å². The highest BCUT2D eigenvalue weighted by Gasteiger charge is 2.22. The van der Waals surface area contributed by atoms with Crippen LogP contribution in [0.2, 0.25) is 5.02 Å². The first-order chi connectivity index (χ1) is 13.5. The van der Waals surface area contributed by atoms with Gasteiger partial charge in [-0.2, -0.15) is 0 Å². The van der Waals surface area contributed by atoms with Crippen LogP contribution in [0.15, 0.2) is 29.9 Å². The smallest absolute Gasteiger partial charge is 0.330 e. The summed E-state index contributed by atoms with van der Waals surface area (Å²) in [5.41, 5.74) is 7.36. The van der Waals surface area contributed by atoms with Crippen LogP contribution >= 0.6 is 22.9 Å². The lowest BCUT2D eigenvalue weighted by Gasteiger charge is -2.30. The Morgan fingerprint density at radius 1 is 1.32 bits per heavy atom. The van der Waals surface area contributed by atoms with Crippen LogP contribution in [-0.4, -0.2) is 41.6 Å². The number of benzene rings is 1. The van der Waals surface area contributed by atoms with Crippen molar-refractivity contribution in [2.24, 2.45) is 11.7 Å². The topological polar surface area (TPSA) is 94.8 Å². The standard InChI is InChI=1S/C19H22ClN3O4S/c20-14-1-2-17(16(9-14)19(21)25)26-8-5-13-3-6-23(7-4-13)27-18(24)10-15-11-22-12-28-15/h1-2,9,11-13H,3-8,10H2,(H2,21,25). The molecular formula is C19H22ClN3O4S. The van der Waals surface area contributed by atoms with E-state index >= 15 is 0 Å². The van der Waals surface area contributed by atoms with Gasteiger partial charge in [-0.15, -0.1) is 16.4 Å². The molecule has 2 N–H and O–H groups in total. The maximum Gasteiger partial charge on any atom is 0.330 e. The molecule has 1 aliphatic heterocycles. The minimum atomic E-state index is -0.564. The van der Waals surface area contributed by atoms with Crippen molar-refractivity contribution in [3.05, 3.63) is 45.4 Å². The molecule has 0 unspecified atom stereocenters. The van der Waals surface area contributed by atoms with E-state index in [2.05, 4.69) is 4.98 Å². The number of thiazole rings is 1. The molecule has 0 bridgehead atoms. The van der Waals surface area contributed by atoms with Gasteiger partial charge in [0, 0.05) is 29.2 Å². The lowest BCUT2D eigenvalue weighted by Crippen LogP contribution is -2.36. The maximum atomic E-state index is 11.9. The summed E-state index contributed by atoms with van der Waals surface area (Å²) in [6.07, 6.45) is 4.62. The summed E-state index contributed by atoms with van der Waals surface area (Å²) in [7, 11) is 0. The predicted octanol–water partition coefficient (Wildman–Crippen LogP) is 3.08. The lowest BCUT2D eigenvalue weighted by molar-refractivity contribution is -0.195. The third-order valence-electron chi connectivity index (χ3n) is 4.60. The number of rotatable bonds is 8. The number of ether oxygens (including phenoxy) is 1. The van der Waals surface area contributed by atoms with Crippen LogP contribution < -0.4 is 10.5 Å². The van der Waals surface area contributed by atoms with E-state index in [1.54, 1.807) is 28.9 Å². The van der Waals surface area contributed by atoms with E-state index in [1.165, 1.54) is 17.4 Å². The van der Waals surface area contributed by atoms with Crippen LogP contribution in [0.25, 0.3) is 0 Å². The van der Waals surface area contributed by atoms with Gasteiger partial charge in [0.1, 0.15) is 5.75 Å². The second kappa shape index (κ2) is 9.86. The van der Waals surface area contributed by atoms with Crippen LogP contribution in [0.4, 0.5) is 0 Å². The SMILES string of the molecule is NC(=O)c1cc(Cl)ccc1OCCC1CCN(OC(=O)Cc2cncs2)CC1. The molecule has 3 rings (SSSR count). The Bertz CT molecular complexity index is 808. The molecule has 2 heterocycles. The first-order valence-electron chi connectivity index (χ1n) is 9.06. The van der Waals surface area contributed by atoms with Crippen LogP contribution in [0.3, 0.4) is 0 Å². The quantitative estimate of drug-likeness (QED) is 0.701. The van der Waals surface area contributed by atoms with Gasteiger partial charge < -0.3 is 15.3 Å². The van der Waals surface area contributed by atoms with E-state index in [0.717, 1.165) is 24.1 Å². The molecule has 7 nitrogen and oxygen atoms in total. The van der Waals surface area contributed by atoms with Gasteiger partial charge in [-0.1, -0.05) is 11.6 Å². The van der Waals surface area contributed by atoms with Crippen LogP contribution in [0.1, 0.15) is 34.5 Å². The van der Waals surface area contributed by atoms with Gasteiger partial charge in [0.15, 0.2) is 0 Å². The van der Waals surface area contributed by atoms with E-state index in [9.17, 15) is 9.59 Å². The van der Waals surface area contributed by atoms with Crippen LogP contribution in [0, 0.1) is 5.92 Å². The van der Waals surface area contributed by atoms with Gasteiger partial charge >= 0.3 is 5.97 Å². The number of carbonyl (C=O) groups excluding carboxylic acids is 2. The van der Waals surface area contributed by atoms with E-state index in [0.29, 0.717) is 36.4 Å². The van der Waals surface area contributed by atoms with Gasteiger partial charge in [-0.25, -0.2) is 4.79 Å². The van der Waals surface area contributed by atoms with Gasteiger partial charge in [0.25, 0.3) is 5.91 Å². The molecule has 150 valence electrons. The van der Waals surface area contributed by atoms with E-state index < -0.39 is 5.91 Å². The van der Waals surface area contributed by atoms with Gasteiger partial charge in [0.2, 0.25) is 0 Å². The summed E-state index contributed by atoms with van der Waals surface area (Å²) in [5, 5.41) is 2.17. The normalized spacial score (nSPS) is 15.3. The third kappa shape index (κ3) is 5.92. The fraction of sp³-hybridized carbons (Fsp3) is 0.421. The molecule has 28 heavy (non-hydrogen) atoms. The van der Waals surface area contributed by atoms with Crippen molar-refractivity contribution in [1.82, 2.24) is 10.0 Å². The monoisotopic (exact) mass is 423 g/mol. The number of piperidine rings is 1. The number of amides is 1. The fourth-order valence-corrected chi connectivity index (χ4v) is 3.85. The Morgan fingerprint density at radius 2 is 2.11 bits per heavy atom. The Kier molecular flexibility index (Phi) is 7.24. The van der Waals surface area contributed by atoms with E-state index in [4.69, 9.17) is 26.9 Å². The Morgan fingerprint density at radius 3 is 2.79 bits per heavy atom. The number of hydrogen-bond acceptors (Lipinski definition) is 7. The summed E-state index contributed by atoms with van der Waals surface area (Å²) in [5.74, 6) is 0.103. The summed E-state index contributed by atoms with van der Waals surface area (Å²) >= 11 is 7.34. The molecule has 0 radical (unpaired) electrons. The number of aromatic nitrogens is 1. The lowest BCUT2D eigenvalue weighted by atomic mass is 9.95. The number of nitrogens with two attached hydrogens (primary N) is 1. The van der Waals surface area contributed by atoms with Crippen LogP contribution in [-0.2, 0) is 16.1 Å². The average Bonchev–Trinajstić information content (AvgIpc) is 3.17. The zero-order valence-corrected chi connectivity index (χ0v) is 16.9. The fourth-order valence-electron chi connectivity index (χ4n) is 3.09. The predicted molar refractivity (Wildman–Crippen MR) is 106 cm³/mol. The maximum absolute atomic E-state index is 11.9. The van der Waals surface area contributed by atoms with Crippen molar-refractivity contribution in [2.75, 3.05) is 19.7 Å². The highest BCUT2D eigenvalue weighted by Crippen LogP contribution is 2.25. The highest BCUT2D eigenvalue weighted by molar-refractivity contribution is 7.09. The first-order valence-corrected chi connectivity index (χ1v) is 10.3. The van der Waals surface area contributed by atoms with Crippen molar-refractivity contribution >= 4 is 34.8 Å². The first kappa shape index (κ1) is 20.6. The summed E-state index contributed by atoms with van der Waals surface area (Å²) in [6, 6.07) is 4.84. The molecule has 1 fully saturated rings. The number of halogens is 1. The number of carbonyl (C=O) groups is 2. The van der Waals surface area contributed by atoms with Gasteiger partial charge in [-0.3, -0.25) is 9.78 Å². The molecule has 9 heteroatoms.